The summed E-state index contributed by atoms with van der Waals surface area (Å²) >= 11 is 5.86. The first-order valence-electron chi connectivity index (χ1n) is 5.93. The lowest BCUT2D eigenvalue weighted by Gasteiger charge is -2.19. The molecule has 0 aliphatic carbocycles. The molecular formula is C13H18ClNO2. The summed E-state index contributed by atoms with van der Waals surface area (Å²) in [6.07, 6.45) is 1.77. The molecule has 1 aliphatic heterocycles. The third kappa shape index (κ3) is 3.96. The monoisotopic (exact) mass is 255 g/mol. The van der Waals surface area contributed by atoms with E-state index in [1.807, 2.05) is 19.2 Å². The van der Waals surface area contributed by atoms with Crippen LogP contribution in [0.5, 0.6) is 0 Å². The van der Waals surface area contributed by atoms with E-state index in [-0.39, 0.29) is 6.29 Å². The molecule has 0 amide bonds. The fourth-order valence-electron chi connectivity index (χ4n) is 1.98. The van der Waals surface area contributed by atoms with Crippen LogP contribution in [-0.2, 0) is 15.9 Å². The summed E-state index contributed by atoms with van der Waals surface area (Å²) in [7, 11) is 1.97. The molecule has 1 N–H and O–H groups in total. The normalized spacial score (nSPS) is 18.5. The summed E-state index contributed by atoms with van der Waals surface area (Å²) in [4.78, 5) is 0. The molecule has 1 unspecified atom stereocenters. The van der Waals surface area contributed by atoms with Crippen LogP contribution in [0.15, 0.2) is 24.3 Å². The fraction of sp³-hybridized carbons (Fsp3) is 0.538. The van der Waals surface area contributed by atoms with E-state index in [0.717, 1.165) is 17.9 Å². The second-order valence-electron chi connectivity index (χ2n) is 4.22. The topological polar surface area (TPSA) is 30.5 Å². The van der Waals surface area contributed by atoms with Crippen LogP contribution in [-0.4, -0.2) is 32.6 Å². The van der Waals surface area contributed by atoms with Crippen molar-refractivity contribution in [1.82, 2.24) is 5.32 Å². The van der Waals surface area contributed by atoms with Crippen LogP contribution in [0.1, 0.15) is 12.0 Å². The van der Waals surface area contributed by atoms with Gasteiger partial charge in [0.05, 0.1) is 13.2 Å². The maximum absolute atomic E-state index is 5.86. The van der Waals surface area contributed by atoms with Crippen molar-refractivity contribution in [2.75, 3.05) is 20.3 Å². The van der Waals surface area contributed by atoms with E-state index in [9.17, 15) is 0 Å². The largest absolute Gasteiger partial charge is 0.350 e. The molecule has 2 rings (SSSR count). The van der Waals surface area contributed by atoms with Crippen molar-refractivity contribution < 1.29 is 9.47 Å². The Hall–Kier alpha value is -0.610. The first-order chi connectivity index (χ1) is 8.28. The maximum Gasteiger partial charge on any atom is 0.159 e. The Kier molecular flexibility index (Phi) is 4.80. The van der Waals surface area contributed by atoms with Gasteiger partial charge in [-0.1, -0.05) is 23.7 Å². The average molecular weight is 256 g/mol. The van der Waals surface area contributed by atoms with Gasteiger partial charge in [0.1, 0.15) is 0 Å². The first kappa shape index (κ1) is 12.8. The molecule has 1 heterocycles. The number of benzene rings is 1. The summed E-state index contributed by atoms with van der Waals surface area (Å²) in [6, 6.07) is 8.32. The van der Waals surface area contributed by atoms with E-state index in [1.54, 1.807) is 0 Å². The van der Waals surface area contributed by atoms with E-state index in [0.29, 0.717) is 19.3 Å². The molecule has 17 heavy (non-hydrogen) atoms. The number of rotatable bonds is 5. The molecule has 1 saturated heterocycles. The molecule has 1 aromatic rings. The molecule has 94 valence electrons. The predicted molar refractivity (Wildman–Crippen MR) is 68.3 cm³/mol. The quantitative estimate of drug-likeness (QED) is 0.875. The highest BCUT2D eigenvalue weighted by Gasteiger charge is 2.20. The summed E-state index contributed by atoms with van der Waals surface area (Å²) < 4.78 is 10.9. The zero-order chi connectivity index (χ0) is 12.1. The van der Waals surface area contributed by atoms with Crippen molar-refractivity contribution in [3.63, 3.8) is 0 Å². The van der Waals surface area contributed by atoms with Crippen molar-refractivity contribution in [1.29, 1.82) is 0 Å². The standard InChI is InChI=1S/C13H18ClNO2/c1-15-12(9-13-16-6-7-17-13)8-10-2-4-11(14)5-3-10/h2-5,12-13,15H,6-9H2,1H3. The van der Waals surface area contributed by atoms with Crippen molar-refractivity contribution in [3.8, 4) is 0 Å². The lowest BCUT2D eigenvalue weighted by Crippen LogP contribution is -2.32. The Balaban J connectivity index is 1.87. The van der Waals surface area contributed by atoms with Crippen LogP contribution >= 0.6 is 11.6 Å². The van der Waals surface area contributed by atoms with Gasteiger partial charge in [0.15, 0.2) is 6.29 Å². The van der Waals surface area contributed by atoms with Crippen LogP contribution < -0.4 is 5.32 Å². The summed E-state index contributed by atoms with van der Waals surface area (Å²) in [6.45, 7) is 1.42. The Morgan fingerprint density at radius 2 is 1.94 bits per heavy atom. The van der Waals surface area contributed by atoms with Crippen molar-refractivity contribution in [2.45, 2.75) is 25.2 Å². The molecule has 4 heteroatoms. The number of ether oxygens (including phenoxy) is 2. The highest BCUT2D eigenvalue weighted by Crippen LogP contribution is 2.15. The van der Waals surface area contributed by atoms with Gasteiger partial charge >= 0.3 is 0 Å². The molecule has 0 bridgehead atoms. The zero-order valence-corrected chi connectivity index (χ0v) is 10.7. The highest BCUT2D eigenvalue weighted by atomic mass is 35.5. The average Bonchev–Trinajstić information content (AvgIpc) is 2.84. The van der Waals surface area contributed by atoms with Gasteiger partial charge in [-0.25, -0.2) is 0 Å². The number of likely N-dealkylation sites (N-methyl/N-ethyl adjacent to an activating group) is 1. The molecule has 0 spiro atoms. The molecule has 1 aliphatic rings. The predicted octanol–water partition coefficient (Wildman–Crippen LogP) is 2.23. The second kappa shape index (κ2) is 6.36. The van der Waals surface area contributed by atoms with Gasteiger partial charge in [-0.3, -0.25) is 0 Å². The smallest absolute Gasteiger partial charge is 0.159 e. The van der Waals surface area contributed by atoms with Crippen LogP contribution in [0.25, 0.3) is 0 Å². The van der Waals surface area contributed by atoms with Crippen LogP contribution in [0, 0.1) is 0 Å². The van der Waals surface area contributed by atoms with Crippen molar-refractivity contribution in [2.24, 2.45) is 0 Å². The van der Waals surface area contributed by atoms with E-state index < -0.39 is 0 Å². The third-order valence-electron chi connectivity index (χ3n) is 2.97. The highest BCUT2D eigenvalue weighted by molar-refractivity contribution is 6.30. The van der Waals surface area contributed by atoms with Gasteiger partial charge in [0.25, 0.3) is 0 Å². The summed E-state index contributed by atoms with van der Waals surface area (Å²) in [5.74, 6) is 0. The van der Waals surface area contributed by atoms with Gasteiger partial charge in [-0.05, 0) is 31.2 Å². The van der Waals surface area contributed by atoms with E-state index in [2.05, 4.69) is 17.4 Å². The molecule has 1 aromatic carbocycles. The van der Waals surface area contributed by atoms with Crippen LogP contribution in [0.2, 0.25) is 5.02 Å². The molecule has 0 radical (unpaired) electrons. The Bertz CT molecular complexity index is 336. The first-order valence-corrected chi connectivity index (χ1v) is 6.30. The SMILES string of the molecule is CNC(Cc1ccc(Cl)cc1)CC1OCCO1. The lowest BCUT2D eigenvalue weighted by molar-refractivity contribution is -0.0522. The molecule has 1 fully saturated rings. The fourth-order valence-corrected chi connectivity index (χ4v) is 2.11. The molecule has 3 nitrogen and oxygen atoms in total. The summed E-state index contributed by atoms with van der Waals surface area (Å²) in [5, 5.41) is 4.07. The Morgan fingerprint density at radius 1 is 1.29 bits per heavy atom. The second-order valence-corrected chi connectivity index (χ2v) is 4.66. The minimum absolute atomic E-state index is 0.0558. The third-order valence-corrected chi connectivity index (χ3v) is 3.22. The number of hydrogen-bond donors (Lipinski definition) is 1. The Labute approximate surface area is 107 Å². The van der Waals surface area contributed by atoms with Crippen LogP contribution in [0.3, 0.4) is 0 Å². The molecule has 1 atom stereocenters. The summed E-state index contributed by atoms with van der Waals surface area (Å²) in [5.41, 5.74) is 1.27. The molecule has 0 aromatic heterocycles. The van der Waals surface area contributed by atoms with E-state index >= 15 is 0 Å². The number of halogens is 1. The maximum atomic E-state index is 5.86. The van der Waals surface area contributed by atoms with Gasteiger partial charge < -0.3 is 14.8 Å². The lowest BCUT2D eigenvalue weighted by atomic mass is 10.0. The van der Waals surface area contributed by atoms with Gasteiger partial charge in [-0.2, -0.15) is 0 Å². The number of nitrogens with one attached hydrogen (secondary N) is 1. The zero-order valence-electron chi connectivity index (χ0n) is 9.99. The van der Waals surface area contributed by atoms with Crippen molar-refractivity contribution >= 4 is 11.6 Å². The van der Waals surface area contributed by atoms with Gasteiger partial charge in [0, 0.05) is 17.5 Å². The molecule has 0 saturated carbocycles. The van der Waals surface area contributed by atoms with Gasteiger partial charge in [0.2, 0.25) is 0 Å². The van der Waals surface area contributed by atoms with Gasteiger partial charge in [-0.15, -0.1) is 0 Å². The molecular weight excluding hydrogens is 238 g/mol. The van der Waals surface area contributed by atoms with Crippen LogP contribution in [0.4, 0.5) is 0 Å². The van der Waals surface area contributed by atoms with E-state index in [4.69, 9.17) is 21.1 Å². The minimum Gasteiger partial charge on any atom is -0.350 e. The van der Waals surface area contributed by atoms with E-state index in [1.165, 1.54) is 5.56 Å². The number of hydrogen-bond acceptors (Lipinski definition) is 3. The minimum atomic E-state index is -0.0558. The van der Waals surface area contributed by atoms with Crippen molar-refractivity contribution in [3.05, 3.63) is 34.9 Å². The Morgan fingerprint density at radius 3 is 2.53 bits per heavy atom.